The third-order valence-corrected chi connectivity index (χ3v) is 6.26. The second-order valence-electron chi connectivity index (χ2n) is 7.13. The fourth-order valence-electron chi connectivity index (χ4n) is 5.01. The lowest BCUT2D eigenvalue weighted by atomic mass is 9.64. The Morgan fingerprint density at radius 1 is 1.05 bits per heavy atom. The van der Waals surface area contributed by atoms with E-state index in [0.717, 1.165) is 6.42 Å². The van der Waals surface area contributed by atoms with Gasteiger partial charge in [-0.3, -0.25) is 0 Å². The molecule has 3 aliphatic rings. The quantitative estimate of drug-likeness (QED) is 0.749. The van der Waals surface area contributed by atoms with Crippen LogP contribution in [0.3, 0.4) is 0 Å². The lowest BCUT2D eigenvalue weighted by molar-refractivity contribution is 0.0456. The summed E-state index contributed by atoms with van der Waals surface area (Å²) >= 11 is 0. The van der Waals surface area contributed by atoms with Crippen molar-refractivity contribution in [3.05, 3.63) is 34.4 Å². The standard InChI is InChI=1S/C18H24O/c1-18-11-10-14-13-5-3-2-4-12(13)6-7-15(14)16(18)8-9-17(18)19/h6-7,16-17,19H,2-5,8-11H2,1H3/t16-,17?,18-/m0/s1. The van der Waals surface area contributed by atoms with Crippen LogP contribution in [0.15, 0.2) is 12.1 Å². The van der Waals surface area contributed by atoms with E-state index in [-0.39, 0.29) is 11.5 Å². The Balaban J connectivity index is 1.84. The van der Waals surface area contributed by atoms with E-state index in [0.29, 0.717) is 5.92 Å². The molecule has 0 aliphatic heterocycles. The minimum absolute atomic E-state index is 0.0818. The molecule has 1 heteroatoms. The van der Waals surface area contributed by atoms with Crippen LogP contribution in [-0.2, 0) is 19.3 Å². The average molecular weight is 256 g/mol. The summed E-state index contributed by atoms with van der Waals surface area (Å²) < 4.78 is 0. The van der Waals surface area contributed by atoms with Crippen LogP contribution >= 0.6 is 0 Å². The molecule has 0 bridgehead atoms. The summed E-state index contributed by atoms with van der Waals surface area (Å²) in [5, 5.41) is 10.3. The monoisotopic (exact) mass is 256 g/mol. The Hall–Kier alpha value is -0.820. The molecule has 0 saturated heterocycles. The summed E-state index contributed by atoms with van der Waals surface area (Å²) in [7, 11) is 0. The molecular formula is C18H24O. The molecule has 1 nitrogen and oxygen atoms in total. The van der Waals surface area contributed by atoms with E-state index in [9.17, 15) is 5.11 Å². The van der Waals surface area contributed by atoms with Crippen molar-refractivity contribution in [3.63, 3.8) is 0 Å². The molecule has 0 heterocycles. The van der Waals surface area contributed by atoms with Crippen LogP contribution in [-0.4, -0.2) is 11.2 Å². The summed E-state index contributed by atoms with van der Waals surface area (Å²) in [5.41, 5.74) is 6.72. The Bertz CT molecular complexity index is 519. The number of aliphatic hydroxyl groups is 1. The third-order valence-electron chi connectivity index (χ3n) is 6.26. The van der Waals surface area contributed by atoms with Crippen LogP contribution in [0.5, 0.6) is 0 Å². The summed E-state index contributed by atoms with van der Waals surface area (Å²) in [6, 6.07) is 4.80. The highest BCUT2D eigenvalue weighted by atomic mass is 16.3. The molecular weight excluding hydrogens is 232 g/mol. The molecule has 1 unspecified atom stereocenters. The Labute approximate surface area is 116 Å². The number of rotatable bonds is 0. The number of hydrogen-bond acceptors (Lipinski definition) is 1. The molecule has 0 aromatic heterocycles. The smallest absolute Gasteiger partial charge is 0.0600 e. The summed E-state index contributed by atoms with van der Waals surface area (Å²) in [6.07, 6.45) is 9.80. The predicted molar refractivity (Wildman–Crippen MR) is 77.5 cm³/mol. The van der Waals surface area contributed by atoms with E-state index in [1.165, 1.54) is 44.9 Å². The Kier molecular flexibility index (Phi) is 2.57. The number of hydrogen-bond donors (Lipinski definition) is 1. The first kappa shape index (κ1) is 12.0. The largest absolute Gasteiger partial charge is 0.393 e. The van der Waals surface area contributed by atoms with E-state index in [1.807, 2.05) is 0 Å². The topological polar surface area (TPSA) is 20.2 Å². The second kappa shape index (κ2) is 4.09. The van der Waals surface area contributed by atoms with Gasteiger partial charge in [0.1, 0.15) is 0 Å². The number of fused-ring (bicyclic) bond motifs is 5. The van der Waals surface area contributed by atoms with E-state index < -0.39 is 0 Å². The Morgan fingerprint density at radius 2 is 1.89 bits per heavy atom. The van der Waals surface area contributed by atoms with Gasteiger partial charge < -0.3 is 5.11 Å². The molecule has 1 saturated carbocycles. The van der Waals surface area contributed by atoms with Gasteiger partial charge in [-0.25, -0.2) is 0 Å². The van der Waals surface area contributed by atoms with Gasteiger partial charge in [-0.15, -0.1) is 0 Å². The van der Waals surface area contributed by atoms with Crippen molar-refractivity contribution in [1.82, 2.24) is 0 Å². The Morgan fingerprint density at radius 3 is 2.79 bits per heavy atom. The van der Waals surface area contributed by atoms with Crippen molar-refractivity contribution in [1.29, 1.82) is 0 Å². The lowest BCUT2D eigenvalue weighted by Gasteiger charge is -2.41. The highest BCUT2D eigenvalue weighted by molar-refractivity contribution is 5.47. The summed E-state index contributed by atoms with van der Waals surface area (Å²) in [5.74, 6) is 0.610. The SMILES string of the molecule is C[C@]12CCc3c(ccc4c3CCCC4)[C@@H]1CCC2O. The molecule has 102 valence electrons. The van der Waals surface area contributed by atoms with Crippen LogP contribution < -0.4 is 0 Å². The normalized spacial score (nSPS) is 36.5. The van der Waals surface area contributed by atoms with Gasteiger partial charge in [0.05, 0.1) is 6.10 Å². The first-order valence-corrected chi connectivity index (χ1v) is 8.02. The number of benzene rings is 1. The summed E-state index contributed by atoms with van der Waals surface area (Å²) in [6.45, 7) is 2.32. The van der Waals surface area contributed by atoms with Crippen LogP contribution in [0.25, 0.3) is 0 Å². The maximum absolute atomic E-state index is 10.3. The molecule has 0 spiro atoms. The average Bonchev–Trinajstić information content (AvgIpc) is 2.75. The minimum Gasteiger partial charge on any atom is -0.393 e. The van der Waals surface area contributed by atoms with Gasteiger partial charge in [-0.1, -0.05) is 19.1 Å². The zero-order valence-electron chi connectivity index (χ0n) is 11.9. The van der Waals surface area contributed by atoms with Crippen molar-refractivity contribution in [3.8, 4) is 0 Å². The molecule has 1 aromatic carbocycles. The molecule has 19 heavy (non-hydrogen) atoms. The zero-order chi connectivity index (χ0) is 13.0. The predicted octanol–water partition coefficient (Wildman–Crippen LogP) is 3.76. The summed E-state index contributed by atoms with van der Waals surface area (Å²) in [4.78, 5) is 0. The first-order chi connectivity index (χ1) is 9.20. The highest BCUT2D eigenvalue weighted by Crippen LogP contribution is 2.56. The fraction of sp³-hybridized carbons (Fsp3) is 0.667. The highest BCUT2D eigenvalue weighted by Gasteiger charge is 2.49. The van der Waals surface area contributed by atoms with E-state index in [4.69, 9.17) is 0 Å². The van der Waals surface area contributed by atoms with Crippen molar-refractivity contribution in [2.24, 2.45) is 5.41 Å². The number of aliphatic hydroxyl groups excluding tert-OH is 1. The van der Waals surface area contributed by atoms with E-state index in [2.05, 4.69) is 19.1 Å². The molecule has 1 fully saturated rings. The van der Waals surface area contributed by atoms with Crippen molar-refractivity contribution in [2.45, 2.75) is 70.3 Å². The maximum atomic E-state index is 10.3. The fourth-order valence-corrected chi connectivity index (χ4v) is 5.01. The van der Waals surface area contributed by atoms with Gasteiger partial charge in [0, 0.05) is 5.41 Å². The molecule has 1 N–H and O–H groups in total. The van der Waals surface area contributed by atoms with Crippen molar-refractivity contribution >= 4 is 0 Å². The van der Waals surface area contributed by atoms with Crippen LogP contribution in [0.4, 0.5) is 0 Å². The maximum Gasteiger partial charge on any atom is 0.0600 e. The molecule has 0 radical (unpaired) electrons. The van der Waals surface area contributed by atoms with Gasteiger partial charge in [-0.05, 0) is 79.5 Å². The lowest BCUT2D eigenvalue weighted by Crippen LogP contribution is -2.35. The molecule has 3 aliphatic carbocycles. The van der Waals surface area contributed by atoms with Crippen LogP contribution in [0, 0.1) is 5.41 Å². The van der Waals surface area contributed by atoms with Crippen molar-refractivity contribution in [2.75, 3.05) is 0 Å². The first-order valence-electron chi connectivity index (χ1n) is 8.02. The van der Waals surface area contributed by atoms with Crippen LogP contribution in [0.2, 0.25) is 0 Å². The molecule has 3 atom stereocenters. The third kappa shape index (κ3) is 1.57. The van der Waals surface area contributed by atoms with Gasteiger partial charge in [0.2, 0.25) is 0 Å². The van der Waals surface area contributed by atoms with Gasteiger partial charge >= 0.3 is 0 Å². The van der Waals surface area contributed by atoms with Crippen molar-refractivity contribution < 1.29 is 5.11 Å². The zero-order valence-corrected chi connectivity index (χ0v) is 11.9. The number of aryl methyl sites for hydroxylation is 1. The van der Waals surface area contributed by atoms with Gasteiger partial charge in [0.15, 0.2) is 0 Å². The molecule has 1 aromatic rings. The van der Waals surface area contributed by atoms with Gasteiger partial charge in [0.25, 0.3) is 0 Å². The molecule has 4 rings (SSSR count). The van der Waals surface area contributed by atoms with Crippen LogP contribution in [0.1, 0.15) is 67.2 Å². The van der Waals surface area contributed by atoms with E-state index >= 15 is 0 Å². The second-order valence-corrected chi connectivity index (χ2v) is 7.13. The van der Waals surface area contributed by atoms with E-state index in [1.54, 1.807) is 22.3 Å². The van der Waals surface area contributed by atoms with Gasteiger partial charge in [-0.2, -0.15) is 0 Å². The molecule has 0 amide bonds. The minimum atomic E-state index is -0.0818.